The molecule has 1 unspecified atom stereocenters. The summed E-state index contributed by atoms with van der Waals surface area (Å²) < 4.78 is 10.2. The molecule has 0 spiro atoms. The van der Waals surface area contributed by atoms with Crippen LogP contribution >= 0.6 is 0 Å². The predicted molar refractivity (Wildman–Crippen MR) is 53.7 cm³/mol. The van der Waals surface area contributed by atoms with Gasteiger partial charge in [0, 0.05) is 5.92 Å². The Morgan fingerprint density at radius 1 is 1.64 bits per heavy atom. The van der Waals surface area contributed by atoms with E-state index in [1.807, 2.05) is 0 Å². The number of carbonyl (C=O) groups is 1. The quantitative estimate of drug-likeness (QED) is 0.513. The Bertz CT molecular complexity index is 221. The molecule has 0 aliphatic carbocycles. The van der Waals surface area contributed by atoms with Crippen molar-refractivity contribution >= 4 is 5.97 Å². The number of rotatable bonds is 4. The van der Waals surface area contributed by atoms with E-state index < -0.39 is 0 Å². The topological polar surface area (TPSA) is 35.5 Å². The van der Waals surface area contributed by atoms with Gasteiger partial charge in [-0.2, -0.15) is 0 Å². The maximum Gasteiger partial charge on any atom is 0.334 e. The Kier molecular flexibility index (Phi) is 4.50. The van der Waals surface area contributed by atoms with Gasteiger partial charge < -0.3 is 9.47 Å². The molecule has 1 atom stereocenters. The third kappa shape index (κ3) is 3.05. The number of hydrogen-bond acceptors (Lipinski definition) is 3. The van der Waals surface area contributed by atoms with Gasteiger partial charge in [0.2, 0.25) is 0 Å². The fourth-order valence-electron chi connectivity index (χ4n) is 1.67. The third-order valence-electron chi connectivity index (χ3n) is 2.32. The van der Waals surface area contributed by atoms with Gasteiger partial charge in [0.1, 0.15) is 5.76 Å². The second-order valence-corrected chi connectivity index (χ2v) is 3.42. The van der Waals surface area contributed by atoms with Crippen LogP contribution in [0.3, 0.4) is 0 Å². The van der Waals surface area contributed by atoms with Crippen LogP contribution in [-0.2, 0) is 14.3 Å². The van der Waals surface area contributed by atoms with Crippen LogP contribution in [0.15, 0.2) is 11.8 Å². The first-order valence-corrected chi connectivity index (χ1v) is 5.29. The molecule has 0 N–H and O–H groups in total. The van der Waals surface area contributed by atoms with Crippen LogP contribution in [0.5, 0.6) is 0 Å². The molecule has 3 heteroatoms. The molecule has 1 saturated heterocycles. The van der Waals surface area contributed by atoms with Gasteiger partial charge in [0.25, 0.3) is 0 Å². The van der Waals surface area contributed by atoms with E-state index in [2.05, 4.69) is 6.92 Å². The van der Waals surface area contributed by atoms with Crippen LogP contribution in [0.25, 0.3) is 0 Å². The number of ether oxygens (including phenoxy) is 2. The summed E-state index contributed by atoms with van der Waals surface area (Å²) in [5.74, 6) is 0.945. The average molecular weight is 198 g/mol. The molecule has 1 heterocycles. The lowest BCUT2D eigenvalue weighted by atomic mass is 10.00. The maximum atomic E-state index is 11.2. The molecule has 80 valence electrons. The lowest BCUT2D eigenvalue weighted by molar-refractivity contribution is -0.137. The molecule has 0 radical (unpaired) electrons. The molecule has 3 nitrogen and oxygen atoms in total. The van der Waals surface area contributed by atoms with Crippen LogP contribution < -0.4 is 0 Å². The maximum absolute atomic E-state index is 11.2. The monoisotopic (exact) mass is 198 g/mol. The molecule has 0 aromatic rings. The van der Waals surface area contributed by atoms with Gasteiger partial charge >= 0.3 is 5.97 Å². The summed E-state index contributed by atoms with van der Waals surface area (Å²) in [5.41, 5.74) is 0. The highest BCUT2D eigenvalue weighted by atomic mass is 16.5. The van der Waals surface area contributed by atoms with E-state index in [0.717, 1.165) is 31.6 Å². The second kappa shape index (κ2) is 5.68. The van der Waals surface area contributed by atoms with Gasteiger partial charge in [-0.15, -0.1) is 0 Å². The van der Waals surface area contributed by atoms with Gasteiger partial charge in [0.05, 0.1) is 19.3 Å². The Labute approximate surface area is 85.1 Å². The third-order valence-corrected chi connectivity index (χ3v) is 2.32. The van der Waals surface area contributed by atoms with Crippen molar-refractivity contribution in [1.29, 1.82) is 0 Å². The van der Waals surface area contributed by atoms with Crippen molar-refractivity contribution in [3.8, 4) is 0 Å². The number of allylic oxidation sites excluding steroid dienone is 1. The van der Waals surface area contributed by atoms with E-state index in [0.29, 0.717) is 12.5 Å². The van der Waals surface area contributed by atoms with E-state index in [1.54, 1.807) is 6.92 Å². The summed E-state index contributed by atoms with van der Waals surface area (Å²) in [6.07, 6.45) is 4.73. The van der Waals surface area contributed by atoms with Crippen LogP contribution in [0.4, 0.5) is 0 Å². The van der Waals surface area contributed by atoms with Crippen molar-refractivity contribution < 1.29 is 14.3 Å². The molecule has 1 aliphatic rings. The number of esters is 1. The summed E-state index contributed by atoms with van der Waals surface area (Å²) in [4.78, 5) is 11.2. The second-order valence-electron chi connectivity index (χ2n) is 3.42. The van der Waals surface area contributed by atoms with E-state index in [1.165, 1.54) is 6.08 Å². The zero-order chi connectivity index (χ0) is 10.4. The zero-order valence-corrected chi connectivity index (χ0v) is 8.91. The minimum absolute atomic E-state index is 0.287. The van der Waals surface area contributed by atoms with Gasteiger partial charge in [-0.3, -0.25) is 0 Å². The predicted octanol–water partition coefficient (Wildman–Crippen LogP) is 2.27. The number of carbonyl (C=O) groups excluding carboxylic acids is 1. The van der Waals surface area contributed by atoms with E-state index in [4.69, 9.17) is 9.47 Å². The van der Waals surface area contributed by atoms with Crippen molar-refractivity contribution in [2.24, 2.45) is 5.92 Å². The summed E-state index contributed by atoms with van der Waals surface area (Å²) in [6.45, 7) is 5.09. The van der Waals surface area contributed by atoms with Crippen LogP contribution in [0, 0.1) is 5.92 Å². The van der Waals surface area contributed by atoms with Crippen molar-refractivity contribution in [3.05, 3.63) is 11.8 Å². The zero-order valence-electron chi connectivity index (χ0n) is 8.91. The van der Waals surface area contributed by atoms with Gasteiger partial charge in [-0.05, 0) is 19.8 Å². The van der Waals surface area contributed by atoms with Gasteiger partial charge in [-0.1, -0.05) is 13.3 Å². The standard InChI is InChI=1S/C11H18O3/c1-3-5-9-6-7-14-10(9)8-11(12)13-4-2/h8-9H,3-7H2,1-2H3/b10-8-. The molecule has 0 saturated carbocycles. The first-order chi connectivity index (χ1) is 6.77. The summed E-state index contributed by atoms with van der Waals surface area (Å²) in [6, 6.07) is 0. The van der Waals surface area contributed by atoms with E-state index >= 15 is 0 Å². The smallest absolute Gasteiger partial charge is 0.334 e. The Morgan fingerprint density at radius 3 is 3.07 bits per heavy atom. The van der Waals surface area contributed by atoms with Crippen molar-refractivity contribution in [2.45, 2.75) is 33.1 Å². The SMILES string of the molecule is CCCC1CCO/C1=C\C(=O)OCC. The average Bonchev–Trinajstić information content (AvgIpc) is 2.54. The lowest BCUT2D eigenvalue weighted by Crippen LogP contribution is -2.04. The van der Waals surface area contributed by atoms with E-state index in [9.17, 15) is 4.79 Å². The van der Waals surface area contributed by atoms with Crippen LogP contribution in [0.1, 0.15) is 33.1 Å². The Morgan fingerprint density at radius 2 is 2.43 bits per heavy atom. The molecular formula is C11H18O3. The van der Waals surface area contributed by atoms with Gasteiger partial charge in [-0.25, -0.2) is 4.79 Å². The molecule has 0 bridgehead atoms. The normalized spacial score (nSPS) is 23.6. The minimum atomic E-state index is -0.287. The van der Waals surface area contributed by atoms with Crippen LogP contribution in [-0.4, -0.2) is 19.2 Å². The molecule has 0 aromatic heterocycles. The summed E-state index contributed by atoms with van der Waals surface area (Å²) in [7, 11) is 0. The summed E-state index contributed by atoms with van der Waals surface area (Å²) >= 11 is 0. The minimum Gasteiger partial charge on any atom is -0.497 e. The highest BCUT2D eigenvalue weighted by Crippen LogP contribution is 2.28. The molecular weight excluding hydrogens is 180 g/mol. The van der Waals surface area contributed by atoms with Crippen molar-refractivity contribution in [2.75, 3.05) is 13.2 Å². The Balaban J connectivity index is 2.52. The van der Waals surface area contributed by atoms with E-state index in [-0.39, 0.29) is 5.97 Å². The lowest BCUT2D eigenvalue weighted by Gasteiger charge is -2.07. The van der Waals surface area contributed by atoms with Crippen molar-refractivity contribution in [3.63, 3.8) is 0 Å². The largest absolute Gasteiger partial charge is 0.497 e. The van der Waals surface area contributed by atoms with Crippen molar-refractivity contribution in [1.82, 2.24) is 0 Å². The summed E-state index contributed by atoms with van der Waals surface area (Å²) in [5, 5.41) is 0. The first-order valence-electron chi connectivity index (χ1n) is 5.29. The fraction of sp³-hybridized carbons (Fsp3) is 0.727. The molecule has 0 aromatic carbocycles. The fourth-order valence-corrected chi connectivity index (χ4v) is 1.67. The number of hydrogen-bond donors (Lipinski definition) is 0. The molecule has 0 amide bonds. The highest BCUT2D eigenvalue weighted by molar-refractivity contribution is 5.82. The van der Waals surface area contributed by atoms with Crippen LogP contribution in [0.2, 0.25) is 0 Å². The molecule has 1 fully saturated rings. The molecule has 14 heavy (non-hydrogen) atoms. The highest BCUT2D eigenvalue weighted by Gasteiger charge is 2.22. The Hall–Kier alpha value is -0.990. The molecule has 1 rings (SSSR count). The molecule has 1 aliphatic heterocycles. The van der Waals surface area contributed by atoms with Gasteiger partial charge in [0.15, 0.2) is 0 Å². The first kappa shape index (κ1) is 11.1.